The molecule has 0 bridgehead atoms. The molecule has 166 valence electrons. The third kappa shape index (κ3) is 4.57. The van der Waals surface area contributed by atoms with Crippen LogP contribution in [-0.4, -0.2) is 64.0 Å². The lowest BCUT2D eigenvalue weighted by molar-refractivity contribution is 0.0659. The minimum absolute atomic E-state index is 0.0211. The molecule has 1 saturated heterocycles. The maximum Gasteiger partial charge on any atom is 0.345 e. The number of amides is 1. The van der Waals surface area contributed by atoms with Crippen LogP contribution in [0.3, 0.4) is 0 Å². The van der Waals surface area contributed by atoms with Crippen molar-refractivity contribution in [2.75, 3.05) is 27.2 Å². The van der Waals surface area contributed by atoms with Gasteiger partial charge in [0.05, 0.1) is 11.4 Å². The number of rotatable bonds is 4. The number of piperidine rings is 1. The Morgan fingerprint density at radius 2 is 1.88 bits per heavy atom. The van der Waals surface area contributed by atoms with Crippen molar-refractivity contribution in [3.8, 4) is 28.3 Å². The Bertz CT molecular complexity index is 1200. The zero-order chi connectivity index (χ0) is 22.8. The standard InChI is InChI=1S/C25H28N4O3/c1-16-13-18(7-8-23(16)30)22-15-21(26-25(32)27-22)17-5-4-6-19(14-17)24(31)29(3)20-9-11-28(2)12-10-20/h4-8,13-15,20,30H,9-12H2,1-3H3,(H,26,27,32). The number of hydrogen-bond donors (Lipinski definition) is 2. The quantitative estimate of drug-likeness (QED) is 0.660. The lowest BCUT2D eigenvalue weighted by Crippen LogP contribution is -2.44. The molecular formula is C25H28N4O3. The fraction of sp³-hybridized carbons (Fsp3) is 0.320. The average Bonchev–Trinajstić information content (AvgIpc) is 2.80. The van der Waals surface area contributed by atoms with Crippen molar-refractivity contribution in [1.29, 1.82) is 0 Å². The minimum atomic E-state index is -0.469. The summed E-state index contributed by atoms with van der Waals surface area (Å²) in [6.07, 6.45) is 1.93. The molecule has 0 spiro atoms. The molecule has 2 N–H and O–H groups in total. The number of aryl methyl sites for hydroxylation is 1. The van der Waals surface area contributed by atoms with Crippen LogP contribution in [0.2, 0.25) is 0 Å². The summed E-state index contributed by atoms with van der Waals surface area (Å²) >= 11 is 0. The molecule has 4 rings (SSSR count). The number of nitrogens with one attached hydrogen (secondary N) is 1. The third-order valence-electron chi connectivity index (χ3n) is 6.21. The van der Waals surface area contributed by atoms with E-state index in [1.165, 1.54) is 0 Å². The van der Waals surface area contributed by atoms with E-state index in [1.54, 1.807) is 37.3 Å². The molecule has 7 heteroatoms. The Hall–Kier alpha value is -3.45. The van der Waals surface area contributed by atoms with Crippen molar-refractivity contribution >= 4 is 5.91 Å². The summed E-state index contributed by atoms with van der Waals surface area (Å²) in [6, 6.07) is 14.4. The summed E-state index contributed by atoms with van der Waals surface area (Å²) in [7, 11) is 3.97. The largest absolute Gasteiger partial charge is 0.508 e. The zero-order valence-corrected chi connectivity index (χ0v) is 18.6. The van der Waals surface area contributed by atoms with E-state index < -0.39 is 5.69 Å². The van der Waals surface area contributed by atoms with Crippen LogP contribution in [0.15, 0.2) is 53.3 Å². The van der Waals surface area contributed by atoms with Crippen LogP contribution in [0.5, 0.6) is 5.75 Å². The van der Waals surface area contributed by atoms with Gasteiger partial charge in [0, 0.05) is 24.2 Å². The molecule has 0 saturated carbocycles. The Morgan fingerprint density at radius 1 is 1.12 bits per heavy atom. The van der Waals surface area contributed by atoms with Crippen molar-refractivity contribution in [2.45, 2.75) is 25.8 Å². The summed E-state index contributed by atoms with van der Waals surface area (Å²) in [6.45, 7) is 3.77. The number of likely N-dealkylation sites (tertiary alicyclic amines) is 1. The Balaban J connectivity index is 1.63. The van der Waals surface area contributed by atoms with Gasteiger partial charge in [-0.1, -0.05) is 12.1 Å². The number of aromatic nitrogens is 2. The van der Waals surface area contributed by atoms with Gasteiger partial charge in [-0.05, 0) is 87.4 Å². The number of phenols is 1. The first kappa shape index (κ1) is 21.8. The highest BCUT2D eigenvalue weighted by Crippen LogP contribution is 2.27. The summed E-state index contributed by atoms with van der Waals surface area (Å²) in [4.78, 5) is 36.4. The molecule has 1 aliphatic heterocycles. The number of aromatic amines is 1. The van der Waals surface area contributed by atoms with Crippen LogP contribution in [-0.2, 0) is 0 Å². The highest BCUT2D eigenvalue weighted by atomic mass is 16.3. The fourth-order valence-electron chi connectivity index (χ4n) is 4.15. The van der Waals surface area contributed by atoms with E-state index in [1.807, 2.05) is 30.1 Å². The monoisotopic (exact) mass is 432 g/mol. The topological polar surface area (TPSA) is 89.5 Å². The minimum Gasteiger partial charge on any atom is -0.508 e. The number of H-pyrrole nitrogens is 1. The average molecular weight is 433 g/mol. The first-order valence-corrected chi connectivity index (χ1v) is 10.8. The highest BCUT2D eigenvalue weighted by Gasteiger charge is 2.25. The van der Waals surface area contributed by atoms with Crippen molar-refractivity contribution < 1.29 is 9.90 Å². The highest BCUT2D eigenvalue weighted by molar-refractivity contribution is 5.95. The molecular weight excluding hydrogens is 404 g/mol. The number of phenolic OH excluding ortho intramolecular Hbond substituents is 1. The number of aromatic hydroxyl groups is 1. The van der Waals surface area contributed by atoms with Crippen LogP contribution in [0, 0.1) is 6.92 Å². The van der Waals surface area contributed by atoms with Gasteiger partial charge in [0.2, 0.25) is 0 Å². The predicted octanol–water partition coefficient (Wildman–Crippen LogP) is 3.28. The lowest BCUT2D eigenvalue weighted by Gasteiger charge is -2.35. The number of carbonyl (C=O) groups is 1. The molecule has 1 aromatic heterocycles. The SMILES string of the molecule is Cc1cc(-c2cc(-c3cccc(C(=O)N(C)C4CCN(C)CC4)c3)[nH]c(=O)n2)ccc1O. The van der Waals surface area contributed by atoms with Gasteiger partial charge < -0.3 is 19.9 Å². The zero-order valence-electron chi connectivity index (χ0n) is 18.6. The normalized spacial score (nSPS) is 15.0. The molecule has 32 heavy (non-hydrogen) atoms. The molecule has 3 aromatic rings. The first-order valence-electron chi connectivity index (χ1n) is 10.8. The second-order valence-electron chi connectivity index (χ2n) is 8.52. The molecule has 7 nitrogen and oxygen atoms in total. The number of benzene rings is 2. The van der Waals surface area contributed by atoms with Crippen LogP contribution >= 0.6 is 0 Å². The van der Waals surface area contributed by atoms with Crippen LogP contribution < -0.4 is 5.69 Å². The van der Waals surface area contributed by atoms with E-state index in [0.29, 0.717) is 22.5 Å². The maximum atomic E-state index is 13.1. The van der Waals surface area contributed by atoms with Gasteiger partial charge in [-0.25, -0.2) is 4.79 Å². The van der Waals surface area contributed by atoms with Crippen molar-refractivity contribution in [2.24, 2.45) is 0 Å². The smallest absolute Gasteiger partial charge is 0.345 e. The van der Waals surface area contributed by atoms with Gasteiger partial charge >= 0.3 is 5.69 Å². The number of carbonyl (C=O) groups excluding carboxylic acids is 1. The van der Waals surface area contributed by atoms with Gasteiger partial charge in [0.1, 0.15) is 5.75 Å². The second-order valence-corrected chi connectivity index (χ2v) is 8.52. The number of hydrogen-bond acceptors (Lipinski definition) is 5. The van der Waals surface area contributed by atoms with Crippen molar-refractivity contribution in [3.63, 3.8) is 0 Å². The third-order valence-corrected chi connectivity index (χ3v) is 6.21. The lowest BCUT2D eigenvalue weighted by atomic mass is 10.0. The van der Waals surface area contributed by atoms with Gasteiger partial charge in [-0.15, -0.1) is 0 Å². The maximum absolute atomic E-state index is 13.1. The van der Waals surface area contributed by atoms with Crippen molar-refractivity contribution in [1.82, 2.24) is 19.8 Å². The number of nitrogens with zero attached hydrogens (tertiary/aromatic N) is 3. The van der Waals surface area contributed by atoms with E-state index in [-0.39, 0.29) is 17.7 Å². The van der Waals surface area contributed by atoms with Crippen LogP contribution in [0.1, 0.15) is 28.8 Å². The van der Waals surface area contributed by atoms with E-state index >= 15 is 0 Å². The fourth-order valence-corrected chi connectivity index (χ4v) is 4.15. The van der Waals surface area contributed by atoms with Gasteiger partial charge in [-0.2, -0.15) is 4.98 Å². The van der Waals surface area contributed by atoms with E-state index in [2.05, 4.69) is 21.9 Å². The Kier molecular flexibility index (Phi) is 6.10. The van der Waals surface area contributed by atoms with Gasteiger partial charge in [0.25, 0.3) is 5.91 Å². The summed E-state index contributed by atoms with van der Waals surface area (Å²) in [5.41, 5.74) is 3.39. The van der Waals surface area contributed by atoms with Gasteiger partial charge in [0.15, 0.2) is 0 Å². The van der Waals surface area contributed by atoms with E-state index in [0.717, 1.165) is 37.1 Å². The molecule has 0 aliphatic carbocycles. The van der Waals surface area contributed by atoms with Crippen molar-refractivity contribution in [3.05, 3.63) is 70.1 Å². The van der Waals surface area contributed by atoms with E-state index in [4.69, 9.17) is 0 Å². The molecule has 1 fully saturated rings. The van der Waals surface area contributed by atoms with Crippen LogP contribution in [0.4, 0.5) is 0 Å². The summed E-state index contributed by atoms with van der Waals surface area (Å²) in [5, 5.41) is 9.79. The summed E-state index contributed by atoms with van der Waals surface area (Å²) in [5.74, 6) is 0.172. The van der Waals surface area contributed by atoms with E-state index in [9.17, 15) is 14.7 Å². The Morgan fingerprint density at radius 3 is 2.59 bits per heavy atom. The van der Waals surface area contributed by atoms with Crippen LogP contribution in [0.25, 0.3) is 22.5 Å². The van der Waals surface area contributed by atoms with Gasteiger partial charge in [-0.3, -0.25) is 4.79 Å². The predicted molar refractivity (Wildman–Crippen MR) is 125 cm³/mol. The molecule has 0 unspecified atom stereocenters. The molecule has 2 heterocycles. The summed E-state index contributed by atoms with van der Waals surface area (Å²) < 4.78 is 0. The first-order chi connectivity index (χ1) is 15.3. The molecule has 1 amide bonds. The Labute approximate surface area is 187 Å². The molecule has 0 atom stereocenters. The second kappa shape index (κ2) is 8.96. The molecule has 2 aromatic carbocycles. The molecule has 1 aliphatic rings. The molecule has 0 radical (unpaired) electrons.